The third-order valence-electron chi connectivity index (χ3n) is 6.06. The van der Waals surface area contributed by atoms with Crippen LogP contribution in [-0.4, -0.2) is 66.9 Å². The van der Waals surface area contributed by atoms with E-state index in [1.165, 1.54) is 6.08 Å². The summed E-state index contributed by atoms with van der Waals surface area (Å²) in [6, 6.07) is 12.7. The van der Waals surface area contributed by atoms with Crippen molar-refractivity contribution in [3.05, 3.63) is 78.1 Å². The molecular formula is C27H30N6O3. The summed E-state index contributed by atoms with van der Waals surface area (Å²) >= 11 is 0. The van der Waals surface area contributed by atoms with Gasteiger partial charge in [0.15, 0.2) is 0 Å². The molecule has 2 aromatic carbocycles. The lowest BCUT2D eigenvalue weighted by Gasteiger charge is -2.34. The van der Waals surface area contributed by atoms with Crippen molar-refractivity contribution in [2.75, 3.05) is 55.9 Å². The van der Waals surface area contributed by atoms with E-state index >= 15 is 0 Å². The normalized spacial score (nSPS) is 13.7. The molecule has 1 aliphatic rings. The maximum Gasteiger partial charge on any atom is 0.247 e. The number of aromatic nitrogens is 2. The fourth-order valence-electron chi connectivity index (χ4n) is 3.97. The molecule has 1 amide bonds. The second kappa shape index (κ2) is 11.0. The topological polar surface area (TPSA) is 99.7 Å². The Hall–Kier alpha value is -4.24. The number of methoxy groups -OCH3 is 1. The molecule has 9 nitrogen and oxygen atoms in total. The van der Waals surface area contributed by atoms with Crippen LogP contribution in [0.2, 0.25) is 0 Å². The van der Waals surface area contributed by atoms with E-state index in [-0.39, 0.29) is 23.3 Å². The molecule has 1 saturated heterocycles. The minimum absolute atomic E-state index is 0.271. The summed E-state index contributed by atoms with van der Waals surface area (Å²) < 4.78 is 5.63. The van der Waals surface area contributed by atoms with Gasteiger partial charge in [-0.1, -0.05) is 18.7 Å². The maximum atomic E-state index is 13.3. The van der Waals surface area contributed by atoms with Crippen LogP contribution in [0.1, 0.15) is 21.6 Å². The van der Waals surface area contributed by atoms with E-state index < -0.39 is 0 Å². The van der Waals surface area contributed by atoms with Crippen molar-refractivity contribution >= 4 is 34.7 Å². The zero-order valence-electron chi connectivity index (χ0n) is 20.7. The first-order valence-electron chi connectivity index (χ1n) is 11.7. The number of ketones is 1. The van der Waals surface area contributed by atoms with Gasteiger partial charge >= 0.3 is 0 Å². The van der Waals surface area contributed by atoms with Gasteiger partial charge in [0.2, 0.25) is 17.6 Å². The summed E-state index contributed by atoms with van der Waals surface area (Å²) in [6.45, 7) is 9.17. The standard InChI is InChI=1S/C27H30N6O3/c1-5-24(34)29-20-8-6-7-19(15-20)26(35)25-18(2)17-28-27(31-25)30-22-10-9-21(16-23(22)36-4)33-13-11-32(3)12-14-33/h5-10,15-17H,1,11-14H2,2-4H3,(H,29,34)(H,28,30,31). The van der Waals surface area contributed by atoms with Gasteiger partial charge in [-0.2, -0.15) is 0 Å². The van der Waals surface area contributed by atoms with Gasteiger partial charge in [0.25, 0.3) is 0 Å². The minimum atomic E-state index is -0.350. The summed E-state index contributed by atoms with van der Waals surface area (Å²) in [7, 11) is 3.75. The number of benzene rings is 2. The van der Waals surface area contributed by atoms with Crippen molar-refractivity contribution in [1.29, 1.82) is 0 Å². The third kappa shape index (κ3) is 5.69. The molecular weight excluding hydrogens is 456 g/mol. The third-order valence-corrected chi connectivity index (χ3v) is 6.06. The Kier molecular flexibility index (Phi) is 7.60. The lowest BCUT2D eigenvalue weighted by Crippen LogP contribution is -2.44. The van der Waals surface area contributed by atoms with E-state index in [0.717, 1.165) is 31.9 Å². The Labute approximate surface area is 210 Å². The maximum absolute atomic E-state index is 13.3. The molecule has 9 heteroatoms. The number of nitrogens with zero attached hydrogens (tertiary/aromatic N) is 4. The van der Waals surface area contributed by atoms with Gasteiger partial charge in [-0.15, -0.1) is 0 Å². The van der Waals surface area contributed by atoms with Crippen LogP contribution in [0.15, 0.2) is 61.3 Å². The number of likely N-dealkylation sites (N-methyl/N-ethyl adjacent to an activating group) is 1. The fraction of sp³-hybridized carbons (Fsp3) is 0.259. The number of nitrogens with one attached hydrogen (secondary N) is 2. The highest BCUT2D eigenvalue weighted by molar-refractivity contribution is 6.09. The highest BCUT2D eigenvalue weighted by atomic mass is 16.5. The van der Waals surface area contributed by atoms with Gasteiger partial charge in [0.1, 0.15) is 11.4 Å². The predicted octanol–water partition coefficient (Wildman–Crippen LogP) is 3.64. The summed E-state index contributed by atoms with van der Waals surface area (Å²) in [5, 5.41) is 5.85. The van der Waals surface area contributed by atoms with Crippen molar-refractivity contribution in [3.8, 4) is 5.75 Å². The van der Waals surface area contributed by atoms with Crippen LogP contribution in [-0.2, 0) is 4.79 Å². The molecule has 2 N–H and O–H groups in total. The molecule has 0 saturated carbocycles. The number of amides is 1. The van der Waals surface area contributed by atoms with E-state index in [4.69, 9.17) is 4.74 Å². The first-order valence-corrected chi connectivity index (χ1v) is 11.7. The zero-order chi connectivity index (χ0) is 25.7. The van der Waals surface area contributed by atoms with Crippen molar-refractivity contribution in [1.82, 2.24) is 14.9 Å². The van der Waals surface area contributed by atoms with Crippen molar-refractivity contribution < 1.29 is 14.3 Å². The van der Waals surface area contributed by atoms with Gasteiger partial charge in [-0.05, 0) is 49.9 Å². The number of carbonyl (C=O) groups excluding carboxylic acids is 2. The van der Waals surface area contributed by atoms with Crippen molar-refractivity contribution in [2.45, 2.75) is 6.92 Å². The molecule has 0 spiro atoms. The molecule has 186 valence electrons. The quantitative estimate of drug-likeness (QED) is 0.368. The average Bonchev–Trinajstić information content (AvgIpc) is 2.90. The highest BCUT2D eigenvalue weighted by Gasteiger charge is 2.18. The Morgan fingerprint density at radius 3 is 2.61 bits per heavy atom. The van der Waals surface area contributed by atoms with Crippen molar-refractivity contribution in [3.63, 3.8) is 0 Å². The monoisotopic (exact) mass is 486 g/mol. The van der Waals surface area contributed by atoms with Gasteiger partial charge in [0, 0.05) is 55.4 Å². The second-order valence-corrected chi connectivity index (χ2v) is 8.63. The first kappa shape index (κ1) is 24.9. The van der Waals surface area contributed by atoms with Crippen LogP contribution in [0.25, 0.3) is 0 Å². The number of anilines is 4. The fourth-order valence-corrected chi connectivity index (χ4v) is 3.97. The van der Waals surface area contributed by atoms with Gasteiger partial charge in [-0.3, -0.25) is 9.59 Å². The van der Waals surface area contributed by atoms with E-state index in [1.54, 1.807) is 44.5 Å². The number of hydrogen-bond donors (Lipinski definition) is 2. The molecule has 1 aliphatic heterocycles. The molecule has 0 bridgehead atoms. The van der Waals surface area contributed by atoms with E-state index in [1.807, 2.05) is 18.2 Å². The van der Waals surface area contributed by atoms with Crippen LogP contribution < -0.4 is 20.3 Å². The molecule has 3 aromatic rings. The number of ether oxygens (including phenoxy) is 1. The molecule has 1 aromatic heterocycles. The summed E-state index contributed by atoms with van der Waals surface area (Å²) in [5.74, 6) is 0.321. The van der Waals surface area contributed by atoms with E-state index in [0.29, 0.717) is 28.3 Å². The lowest BCUT2D eigenvalue weighted by atomic mass is 10.0. The molecule has 4 rings (SSSR count). The van der Waals surface area contributed by atoms with E-state index in [2.05, 4.69) is 44.0 Å². The molecule has 0 unspecified atom stereocenters. The van der Waals surface area contributed by atoms with Gasteiger partial charge in [0.05, 0.1) is 12.8 Å². The number of rotatable bonds is 8. The largest absolute Gasteiger partial charge is 0.494 e. The predicted molar refractivity (Wildman–Crippen MR) is 141 cm³/mol. The molecule has 36 heavy (non-hydrogen) atoms. The Balaban J connectivity index is 1.55. The first-order chi connectivity index (χ1) is 17.4. The zero-order valence-corrected chi connectivity index (χ0v) is 20.7. The van der Waals surface area contributed by atoms with Gasteiger partial charge < -0.3 is 25.2 Å². The molecule has 0 aliphatic carbocycles. The Bertz CT molecular complexity index is 1280. The summed E-state index contributed by atoms with van der Waals surface area (Å²) in [5.41, 5.74) is 3.61. The molecule has 0 radical (unpaired) electrons. The van der Waals surface area contributed by atoms with Crippen molar-refractivity contribution in [2.24, 2.45) is 0 Å². The number of carbonyl (C=O) groups is 2. The Morgan fingerprint density at radius 1 is 1.11 bits per heavy atom. The molecule has 1 fully saturated rings. The Morgan fingerprint density at radius 2 is 1.89 bits per heavy atom. The van der Waals surface area contributed by atoms with Crippen LogP contribution in [0, 0.1) is 6.92 Å². The lowest BCUT2D eigenvalue weighted by molar-refractivity contribution is -0.111. The van der Waals surface area contributed by atoms with Crippen LogP contribution >= 0.6 is 0 Å². The molecule has 0 atom stereocenters. The summed E-state index contributed by atoms with van der Waals surface area (Å²) in [6.07, 6.45) is 2.78. The number of aryl methyl sites for hydroxylation is 1. The van der Waals surface area contributed by atoms with E-state index in [9.17, 15) is 9.59 Å². The SMILES string of the molecule is C=CC(=O)Nc1cccc(C(=O)c2nc(Nc3ccc(N4CCN(C)CC4)cc3OC)ncc2C)c1. The molecule has 2 heterocycles. The summed E-state index contributed by atoms with van der Waals surface area (Å²) in [4.78, 5) is 38.4. The smallest absolute Gasteiger partial charge is 0.247 e. The highest BCUT2D eigenvalue weighted by Crippen LogP contribution is 2.32. The average molecular weight is 487 g/mol. The minimum Gasteiger partial charge on any atom is -0.494 e. The number of piperazine rings is 1. The van der Waals surface area contributed by atoms with Crippen LogP contribution in [0.3, 0.4) is 0 Å². The second-order valence-electron chi connectivity index (χ2n) is 8.63. The van der Waals surface area contributed by atoms with Crippen LogP contribution in [0.5, 0.6) is 5.75 Å². The van der Waals surface area contributed by atoms with Gasteiger partial charge in [-0.25, -0.2) is 9.97 Å². The number of hydrogen-bond acceptors (Lipinski definition) is 8. The van der Waals surface area contributed by atoms with Crippen LogP contribution in [0.4, 0.5) is 23.0 Å².